The number of alkyl halides is 3. The van der Waals surface area contributed by atoms with Gasteiger partial charge in [-0.2, -0.15) is 13.2 Å². The lowest BCUT2D eigenvalue weighted by molar-refractivity contribution is -0.137. The Morgan fingerprint density at radius 3 is 2.53 bits per heavy atom. The zero-order chi connectivity index (χ0) is 23.2. The summed E-state index contributed by atoms with van der Waals surface area (Å²) in [5.74, 6) is 0.272. The second-order valence-electron chi connectivity index (χ2n) is 7.71. The Kier molecular flexibility index (Phi) is 6.13. The van der Waals surface area contributed by atoms with Crippen molar-refractivity contribution in [3.05, 3.63) is 62.4 Å². The van der Waals surface area contributed by atoms with E-state index >= 15 is 0 Å². The van der Waals surface area contributed by atoms with Crippen molar-refractivity contribution in [3.63, 3.8) is 0 Å². The minimum atomic E-state index is -4.45. The Labute approximate surface area is 192 Å². The van der Waals surface area contributed by atoms with Gasteiger partial charge in [-0.1, -0.05) is 23.2 Å². The Morgan fingerprint density at radius 1 is 1.19 bits per heavy atom. The fraction of sp³-hybridized carbons (Fsp3) is 0.364. The van der Waals surface area contributed by atoms with Crippen LogP contribution in [0, 0.1) is 6.92 Å². The molecule has 32 heavy (non-hydrogen) atoms. The first kappa shape index (κ1) is 22.9. The van der Waals surface area contributed by atoms with E-state index in [4.69, 9.17) is 27.9 Å². The fourth-order valence-corrected chi connectivity index (χ4v) is 4.43. The summed E-state index contributed by atoms with van der Waals surface area (Å²) in [7, 11) is 1.65. The molecule has 4 rings (SSSR count). The number of hydrogen-bond acceptors (Lipinski definition) is 3. The molecule has 10 heteroatoms. The summed E-state index contributed by atoms with van der Waals surface area (Å²) in [6.45, 7) is 3.46. The number of aromatic nitrogens is 2. The molecule has 0 saturated carbocycles. The normalized spacial score (nSPS) is 14.9. The van der Waals surface area contributed by atoms with E-state index in [1.807, 2.05) is 0 Å². The number of hydrogen-bond donors (Lipinski definition) is 0. The van der Waals surface area contributed by atoms with Crippen molar-refractivity contribution in [3.8, 4) is 0 Å². The van der Waals surface area contributed by atoms with E-state index < -0.39 is 11.7 Å². The molecule has 0 radical (unpaired) electrons. The van der Waals surface area contributed by atoms with Gasteiger partial charge in [-0.15, -0.1) is 0 Å². The van der Waals surface area contributed by atoms with Crippen LogP contribution >= 0.6 is 23.2 Å². The molecule has 1 saturated heterocycles. The maximum absolute atomic E-state index is 13.3. The lowest BCUT2D eigenvalue weighted by Gasteiger charge is -2.27. The zero-order valence-electron chi connectivity index (χ0n) is 17.4. The quantitative estimate of drug-likeness (QED) is 0.507. The Bertz CT molecular complexity index is 1200. The van der Waals surface area contributed by atoms with Crippen LogP contribution < -0.4 is 0 Å². The number of aryl methyl sites for hydroxylation is 2. The van der Waals surface area contributed by atoms with Crippen LogP contribution in [0.1, 0.15) is 32.9 Å². The topological polar surface area (TPSA) is 47.4 Å². The second kappa shape index (κ2) is 8.57. The average Bonchev–Trinajstić information content (AvgIpc) is 3.07. The highest BCUT2D eigenvalue weighted by Gasteiger charge is 2.32. The highest BCUT2D eigenvalue weighted by molar-refractivity contribution is 6.38. The Morgan fingerprint density at radius 2 is 1.88 bits per heavy atom. The number of benzene rings is 2. The number of morpholine rings is 1. The summed E-state index contributed by atoms with van der Waals surface area (Å²) in [5.41, 5.74) is 1.35. The minimum Gasteiger partial charge on any atom is -0.378 e. The number of halogens is 5. The zero-order valence-corrected chi connectivity index (χ0v) is 18.9. The average molecular weight is 486 g/mol. The van der Waals surface area contributed by atoms with Gasteiger partial charge in [-0.25, -0.2) is 4.98 Å². The van der Waals surface area contributed by atoms with E-state index in [-0.39, 0.29) is 17.4 Å². The molecule has 2 aromatic carbocycles. The number of nitrogens with zero attached hydrogens (tertiary/aromatic N) is 3. The van der Waals surface area contributed by atoms with Crippen LogP contribution in [-0.4, -0.2) is 46.7 Å². The van der Waals surface area contributed by atoms with Gasteiger partial charge in [0.2, 0.25) is 0 Å². The fourth-order valence-electron chi connectivity index (χ4n) is 3.85. The van der Waals surface area contributed by atoms with Gasteiger partial charge >= 0.3 is 6.18 Å². The SMILES string of the molecule is Cc1cc(C(F)(F)F)cc2c1nc(Cc1c(Cl)ccc(C(=O)N3CCOCC3)c1Cl)n2C. The van der Waals surface area contributed by atoms with Crippen molar-refractivity contribution in [1.29, 1.82) is 0 Å². The smallest absolute Gasteiger partial charge is 0.378 e. The molecule has 1 fully saturated rings. The van der Waals surface area contributed by atoms with Crippen LogP contribution in [0.25, 0.3) is 11.0 Å². The number of ether oxygens (including phenoxy) is 1. The van der Waals surface area contributed by atoms with Crippen LogP contribution in [0.5, 0.6) is 0 Å². The first-order valence-corrected chi connectivity index (χ1v) is 10.7. The van der Waals surface area contributed by atoms with Gasteiger partial charge in [0, 0.05) is 31.6 Å². The van der Waals surface area contributed by atoms with Gasteiger partial charge in [0.05, 0.1) is 40.4 Å². The maximum atomic E-state index is 13.3. The van der Waals surface area contributed by atoms with Crippen LogP contribution in [0.4, 0.5) is 13.2 Å². The summed E-state index contributed by atoms with van der Waals surface area (Å²) in [5, 5.41) is 0.571. The molecular formula is C22H20Cl2F3N3O2. The Balaban J connectivity index is 1.73. The van der Waals surface area contributed by atoms with Crippen molar-refractivity contribution < 1.29 is 22.7 Å². The molecule has 0 bridgehead atoms. The van der Waals surface area contributed by atoms with Gasteiger partial charge in [0.1, 0.15) is 5.82 Å². The van der Waals surface area contributed by atoms with Crippen molar-refractivity contribution >= 4 is 40.1 Å². The van der Waals surface area contributed by atoms with Gasteiger partial charge in [0.25, 0.3) is 5.91 Å². The third kappa shape index (κ3) is 4.19. The van der Waals surface area contributed by atoms with Crippen LogP contribution in [0.2, 0.25) is 10.0 Å². The third-order valence-electron chi connectivity index (χ3n) is 5.65. The number of carbonyl (C=O) groups excluding carboxylic acids is 1. The van der Waals surface area contributed by atoms with E-state index in [1.165, 1.54) is 0 Å². The summed E-state index contributed by atoms with van der Waals surface area (Å²) >= 11 is 13.0. The summed E-state index contributed by atoms with van der Waals surface area (Å²) in [6, 6.07) is 5.36. The van der Waals surface area contributed by atoms with Gasteiger partial charge in [-0.05, 0) is 42.3 Å². The lowest BCUT2D eigenvalue weighted by atomic mass is 10.1. The first-order valence-electron chi connectivity index (χ1n) is 9.95. The van der Waals surface area contributed by atoms with Crippen molar-refractivity contribution in [1.82, 2.24) is 14.5 Å². The van der Waals surface area contributed by atoms with Crippen molar-refractivity contribution in [2.24, 2.45) is 7.05 Å². The molecule has 5 nitrogen and oxygen atoms in total. The number of amides is 1. The van der Waals surface area contributed by atoms with E-state index in [0.717, 1.165) is 12.1 Å². The molecule has 1 aromatic heterocycles. The number of rotatable bonds is 3. The van der Waals surface area contributed by atoms with Gasteiger partial charge < -0.3 is 14.2 Å². The molecule has 170 valence electrons. The standard InChI is InChI=1S/C22H20Cl2F3N3O2/c1-12-9-13(22(25,26)27)10-17-20(12)28-18(29(17)2)11-15-16(23)4-3-14(19(15)24)21(31)30-5-7-32-8-6-30/h3-4,9-10H,5-8,11H2,1-2H3. The van der Waals surface area contributed by atoms with Crippen LogP contribution in [0.15, 0.2) is 24.3 Å². The van der Waals surface area contributed by atoms with Crippen LogP contribution in [-0.2, 0) is 24.4 Å². The highest BCUT2D eigenvalue weighted by atomic mass is 35.5. The summed E-state index contributed by atoms with van der Waals surface area (Å²) in [4.78, 5) is 19.1. The molecule has 3 aromatic rings. The second-order valence-corrected chi connectivity index (χ2v) is 8.50. The van der Waals surface area contributed by atoms with E-state index in [1.54, 1.807) is 35.6 Å². The molecule has 0 N–H and O–H groups in total. The molecular weight excluding hydrogens is 466 g/mol. The molecule has 1 aliphatic heterocycles. The molecule has 1 amide bonds. The molecule has 1 aliphatic rings. The van der Waals surface area contributed by atoms with Crippen LogP contribution in [0.3, 0.4) is 0 Å². The third-order valence-corrected chi connectivity index (χ3v) is 6.43. The van der Waals surface area contributed by atoms with Crippen molar-refractivity contribution in [2.75, 3.05) is 26.3 Å². The Hall–Kier alpha value is -2.29. The van der Waals surface area contributed by atoms with E-state index in [0.29, 0.717) is 64.9 Å². The van der Waals surface area contributed by atoms with Crippen molar-refractivity contribution in [2.45, 2.75) is 19.5 Å². The predicted octanol–water partition coefficient (Wildman–Crippen LogP) is 5.27. The molecule has 0 spiro atoms. The van der Waals surface area contributed by atoms with Gasteiger partial charge in [-0.3, -0.25) is 4.79 Å². The highest BCUT2D eigenvalue weighted by Crippen LogP contribution is 2.35. The molecule has 0 aliphatic carbocycles. The number of imidazole rings is 1. The number of fused-ring (bicyclic) bond motifs is 1. The lowest BCUT2D eigenvalue weighted by Crippen LogP contribution is -2.40. The largest absolute Gasteiger partial charge is 0.416 e. The maximum Gasteiger partial charge on any atom is 0.416 e. The molecule has 0 unspecified atom stereocenters. The predicted molar refractivity (Wildman–Crippen MR) is 116 cm³/mol. The molecule has 2 heterocycles. The monoisotopic (exact) mass is 485 g/mol. The summed E-state index contributed by atoms with van der Waals surface area (Å²) in [6.07, 6.45) is -4.29. The first-order chi connectivity index (χ1) is 15.1. The van der Waals surface area contributed by atoms with Gasteiger partial charge in [0.15, 0.2) is 0 Å². The summed E-state index contributed by atoms with van der Waals surface area (Å²) < 4.78 is 46.6. The van der Waals surface area contributed by atoms with E-state index in [2.05, 4.69) is 4.98 Å². The van der Waals surface area contributed by atoms with E-state index in [9.17, 15) is 18.0 Å². The minimum absolute atomic E-state index is 0.161. The molecule has 0 atom stereocenters. The number of carbonyl (C=O) groups is 1.